The molecule has 0 amide bonds. The first-order chi connectivity index (χ1) is 8.15. The highest BCUT2D eigenvalue weighted by Crippen LogP contribution is 1.94. The van der Waals surface area contributed by atoms with Gasteiger partial charge in [-0.15, -0.1) is 0 Å². The van der Waals surface area contributed by atoms with E-state index >= 15 is 0 Å². The lowest BCUT2D eigenvalue weighted by Gasteiger charge is -2.19. The minimum atomic E-state index is -0.257. The summed E-state index contributed by atoms with van der Waals surface area (Å²) in [5, 5.41) is 3.29. The summed E-state index contributed by atoms with van der Waals surface area (Å²) >= 11 is 0. The fourth-order valence-corrected chi connectivity index (χ4v) is 1.55. The van der Waals surface area contributed by atoms with Gasteiger partial charge in [0.25, 0.3) is 0 Å². The number of hydrogen-bond donors (Lipinski definition) is 1. The lowest BCUT2D eigenvalue weighted by molar-refractivity contribution is -0.136. The average molecular weight is 242 g/mol. The Bertz CT molecular complexity index is 240. The third-order valence-corrected chi connectivity index (χ3v) is 2.65. The largest absolute Gasteiger partial charge is 0.466 e. The molecular formula is C13H26N2O2. The number of carbonyl (C=O) groups excluding carboxylic acids is 1. The van der Waals surface area contributed by atoms with Gasteiger partial charge in [0.2, 0.25) is 0 Å². The Hall–Kier alpha value is -0.870. The number of likely N-dealkylation sites (N-methyl/N-ethyl adjacent to an activating group) is 1. The molecule has 0 bridgehead atoms. The maximum atomic E-state index is 11.1. The van der Waals surface area contributed by atoms with Crippen LogP contribution in [0.5, 0.6) is 0 Å². The van der Waals surface area contributed by atoms with Crippen LogP contribution < -0.4 is 5.32 Å². The molecule has 0 unspecified atom stereocenters. The predicted octanol–water partition coefficient (Wildman–Crippen LogP) is 1.43. The van der Waals surface area contributed by atoms with E-state index in [9.17, 15) is 4.79 Å². The second kappa shape index (κ2) is 10.3. The molecule has 0 aromatic carbocycles. The summed E-state index contributed by atoms with van der Waals surface area (Å²) in [4.78, 5) is 13.5. The molecule has 0 aliphatic heterocycles. The SMILES string of the molecule is CCCN(CC)CCNC/C=C(/C)C(=O)OC. The first-order valence-electron chi connectivity index (χ1n) is 6.33. The van der Waals surface area contributed by atoms with Gasteiger partial charge in [0, 0.05) is 25.2 Å². The van der Waals surface area contributed by atoms with Crippen LogP contribution in [0.2, 0.25) is 0 Å². The molecule has 0 saturated carbocycles. The van der Waals surface area contributed by atoms with Gasteiger partial charge in [0.05, 0.1) is 7.11 Å². The summed E-state index contributed by atoms with van der Waals surface area (Å²) in [6, 6.07) is 0. The summed E-state index contributed by atoms with van der Waals surface area (Å²) < 4.78 is 4.61. The average Bonchev–Trinajstić information content (AvgIpc) is 2.35. The van der Waals surface area contributed by atoms with Crippen molar-refractivity contribution in [3.8, 4) is 0 Å². The first-order valence-corrected chi connectivity index (χ1v) is 6.33. The Labute approximate surface area is 105 Å². The fourth-order valence-electron chi connectivity index (χ4n) is 1.55. The van der Waals surface area contributed by atoms with E-state index in [-0.39, 0.29) is 5.97 Å². The molecule has 0 aliphatic rings. The number of esters is 1. The number of rotatable bonds is 9. The van der Waals surface area contributed by atoms with Gasteiger partial charge in [-0.25, -0.2) is 4.79 Å². The molecule has 4 nitrogen and oxygen atoms in total. The van der Waals surface area contributed by atoms with Crippen molar-refractivity contribution in [2.24, 2.45) is 0 Å². The van der Waals surface area contributed by atoms with Crippen molar-refractivity contribution in [3.05, 3.63) is 11.6 Å². The molecule has 0 spiro atoms. The molecule has 0 radical (unpaired) electrons. The predicted molar refractivity (Wildman–Crippen MR) is 71.0 cm³/mol. The van der Waals surface area contributed by atoms with Crippen LogP contribution in [-0.4, -0.2) is 50.7 Å². The Kier molecular flexibility index (Phi) is 9.77. The molecule has 0 fully saturated rings. The summed E-state index contributed by atoms with van der Waals surface area (Å²) in [6.07, 6.45) is 3.05. The minimum absolute atomic E-state index is 0.257. The molecule has 4 heteroatoms. The molecule has 1 N–H and O–H groups in total. The molecule has 0 rings (SSSR count). The van der Waals surface area contributed by atoms with Gasteiger partial charge in [-0.05, 0) is 26.4 Å². The van der Waals surface area contributed by atoms with Crippen molar-refractivity contribution in [2.45, 2.75) is 27.2 Å². The molecule has 0 atom stereocenters. The maximum Gasteiger partial charge on any atom is 0.333 e. The normalized spacial score (nSPS) is 11.9. The van der Waals surface area contributed by atoms with E-state index in [1.165, 1.54) is 13.5 Å². The number of nitrogens with zero attached hydrogens (tertiary/aromatic N) is 1. The second-order valence-electron chi connectivity index (χ2n) is 4.02. The molecule has 100 valence electrons. The van der Waals surface area contributed by atoms with Gasteiger partial charge >= 0.3 is 5.97 Å². The van der Waals surface area contributed by atoms with E-state index in [4.69, 9.17) is 0 Å². The Morgan fingerprint density at radius 1 is 1.35 bits per heavy atom. The highest BCUT2D eigenvalue weighted by molar-refractivity contribution is 5.87. The van der Waals surface area contributed by atoms with Crippen LogP contribution in [0.1, 0.15) is 27.2 Å². The zero-order chi connectivity index (χ0) is 13.1. The Morgan fingerprint density at radius 2 is 2.06 bits per heavy atom. The molecule has 0 aromatic rings. The Balaban J connectivity index is 3.67. The molecule has 0 heterocycles. The van der Waals surface area contributed by atoms with Crippen LogP contribution in [0.15, 0.2) is 11.6 Å². The van der Waals surface area contributed by atoms with Crippen LogP contribution >= 0.6 is 0 Å². The van der Waals surface area contributed by atoms with Crippen molar-refractivity contribution in [1.82, 2.24) is 10.2 Å². The minimum Gasteiger partial charge on any atom is -0.466 e. The topological polar surface area (TPSA) is 41.6 Å². The van der Waals surface area contributed by atoms with E-state index in [0.29, 0.717) is 12.1 Å². The van der Waals surface area contributed by atoms with Crippen molar-refractivity contribution >= 4 is 5.97 Å². The third kappa shape index (κ3) is 7.94. The van der Waals surface area contributed by atoms with E-state index in [2.05, 4.69) is 28.8 Å². The van der Waals surface area contributed by atoms with Gasteiger partial charge < -0.3 is 15.0 Å². The van der Waals surface area contributed by atoms with E-state index in [0.717, 1.165) is 26.2 Å². The summed E-state index contributed by atoms with van der Waals surface area (Å²) in [5.74, 6) is -0.257. The molecular weight excluding hydrogens is 216 g/mol. The monoisotopic (exact) mass is 242 g/mol. The number of hydrogen-bond acceptors (Lipinski definition) is 4. The first kappa shape index (κ1) is 16.1. The maximum absolute atomic E-state index is 11.1. The van der Waals surface area contributed by atoms with Crippen molar-refractivity contribution in [1.29, 1.82) is 0 Å². The van der Waals surface area contributed by atoms with Crippen molar-refractivity contribution in [2.75, 3.05) is 39.8 Å². The van der Waals surface area contributed by atoms with Gasteiger partial charge in [0.15, 0.2) is 0 Å². The third-order valence-electron chi connectivity index (χ3n) is 2.65. The lowest BCUT2D eigenvalue weighted by Crippen LogP contribution is -2.32. The summed E-state index contributed by atoms with van der Waals surface area (Å²) in [5.41, 5.74) is 0.654. The van der Waals surface area contributed by atoms with Crippen LogP contribution in [-0.2, 0) is 9.53 Å². The highest BCUT2D eigenvalue weighted by Gasteiger charge is 2.02. The number of methoxy groups -OCH3 is 1. The van der Waals surface area contributed by atoms with Gasteiger partial charge in [-0.2, -0.15) is 0 Å². The molecule has 17 heavy (non-hydrogen) atoms. The summed E-state index contributed by atoms with van der Waals surface area (Å²) in [7, 11) is 1.40. The molecule has 0 aromatic heterocycles. The van der Waals surface area contributed by atoms with E-state index in [1.54, 1.807) is 6.92 Å². The number of carbonyl (C=O) groups is 1. The van der Waals surface area contributed by atoms with E-state index in [1.807, 2.05) is 6.08 Å². The lowest BCUT2D eigenvalue weighted by atomic mass is 10.3. The molecule has 0 aliphatic carbocycles. The van der Waals surface area contributed by atoms with Crippen LogP contribution in [0.3, 0.4) is 0 Å². The van der Waals surface area contributed by atoms with Crippen molar-refractivity contribution in [3.63, 3.8) is 0 Å². The highest BCUT2D eigenvalue weighted by atomic mass is 16.5. The number of nitrogens with one attached hydrogen (secondary N) is 1. The Morgan fingerprint density at radius 3 is 2.59 bits per heavy atom. The van der Waals surface area contributed by atoms with Crippen molar-refractivity contribution < 1.29 is 9.53 Å². The van der Waals surface area contributed by atoms with Crippen LogP contribution in [0.25, 0.3) is 0 Å². The summed E-state index contributed by atoms with van der Waals surface area (Å²) in [6.45, 7) is 11.1. The standard InChI is InChI=1S/C13H26N2O2/c1-5-10-15(6-2)11-9-14-8-7-12(3)13(16)17-4/h7,14H,5-6,8-11H2,1-4H3/b12-7-. The number of ether oxygens (including phenoxy) is 1. The fraction of sp³-hybridized carbons (Fsp3) is 0.769. The molecule has 0 saturated heterocycles. The quantitative estimate of drug-likeness (QED) is 0.377. The van der Waals surface area contributed by atoms with Gasteiger partial charge in [0.1, 0.15) is 0 Å². The van der Waals surface area contributed by atoms with E-state index < -0.39 is 0 Å². The van der Waals surface area contributed by atoms with Crippen LogP contribution in [0, 0.1) is 0 Å². The van der Waals surface area contributed by atoms with Gasteiger partial charge in [-0.3, -0.25) is 0 Å². The smallest absolute Gasteiger partial charge is 0.333 e. The zero-order valence-corrected chi connectivity index (χ0v) is 11.6. The van der Waals surface area contributed by atoms with Crippen LogP contribution in [0.4, 0.5) is 0 Å². The zero-order valence-electron chi connectivity index (χ0n) is 11.6. The second-order valence-corrected chi connectivity index (χ2v) is 4.02. The van der Waals surface area contributed by atoms with Gasteiger partial charge in [-0.1, -0.05) is 19.9 Å².